The van der Waals surface area contributed by atoms with Gasteiger partial charge >= 0.3 is 0 Å². The van der Waals surface area contributed by atoms with Gasteiger partial charge in [-0.15, -0.1) is 0 Å². The van der Waals surface area contributed by atoms with Crippen LogP contribution < -0.4 is 5.32 Å². The summed E-state index contributed by atoms with van der Waals surface area (Å²) in [4.78, 5) is 0. The third kappa shape index (κ3) is 4.98. The zero-order chi connectivity index (χ0) is 14.7. The molecule has 3 rings (SSSR count). The smallest absolute Gasteiger partial charge is 0.0583 e. The predicted octanol–water partition coefficient (Wildman–Crippen LogP) is 4.21. The Labute approximate surface area is 133 Å². The number of halogens is 1. The maximum absolute atomic E-state index is 6.11. The molecule has 1 aliphatic heterocycles. The maximum atomic E-state index is 6.11. The number of hydrogen-bond donors (Lipinski definition) is 1. The van der Waals surface area contributed by atoms with Gasteiger partial charge in [-0.1, -0.05) is 23.7 Å². The molecule has 1 aliphatic carbocycles. The predicted molar refractivity (Wildman–Crippen MR) is 87.9 cm³/mol. The van der Waals surface area contributed by atoms with Crippen LogP contribution in [0.15, 0.2) is 24.3 Å². The van der Waals surface area contributed by atoms with Crippen LogP contribution in [-0.4, -0.2) is 24.8 Å². The highest BCUT2D eigenvalue weighted by Crippen LogP contribution is 2.27. The summed E-state index contributed by atoms with van der Waals surface area (Å²) in [7, 11) is 0. The molecule has 0 spiro atoms. The lowest BCUT2D eigenvalue weighted by molar-refractivity contribution is 0.0407. The van der Waals surface area contributed by atoms with Gasteiger partial charge in [-0.25, -0.2) is 0 Å². The Morgan fingerprint density at radius 2 is 2.14 bits per heavy atom. The lowest BCUT2D eigenvalue weighted by Crippen LogP contribution is -2.29. The van der Waals surface area contributed by atoms with E-state index in [1.165, 1.54) is 31.2 Å². The summed E-state index contributed by atoms with van der Waals surface area (Å²) in [5.74, 6) is 0.638. The molecule has 3 heteroatoms. The zero-order valence-corrected chi connectivity index (χ0v) is 13.6. The Balaban J connectivity index is 1.57. The summed E-state index contributed by atoms with van der Waals surface area (Å²) in [6, 6.07) is 9.06. The Morgan fingerprint density at radius 1 is 1.29 bits per heavy atom. The lowest BCUT2D eigenvalue weighted by Gasteiger charge is -2.21. The van der Waals surface area contributed by atoms with Gasteiger partial charge in [0.2, 0.25) is 0 Å². The second-order valence-electron chi connectivity index (χ2n) is 6.76. The van der Waals surface area contributed by atoms with Gasteiger partial charge in [0.05, 0.1) is 12.2 Å². The van der Waals surface area contributed by atoms with E-state index in [-0.39, 0.29) is 0 Å². The SMILES string of the molecule is CC1CCC(CC(CNC2CC2)Cc2cccc(Cl)c2)O1. The molecule has 1 saturated carbocycles. The molecule has 1 saturated heterocycles. The molecule has 2 aliphatic rings. The van der Waals surface area contributed by atoms with E-state index < -0.39 is 0 Å². The summed E-state index contributed by atoms with van der Waals surface area (Å²) in [5, 5.41) is 4.53. The molecule has 0 aromatic heterocycles. The topological polar surface area (TPSA) is 21.3 Å². The first-order valence-corrected chi connectivity index (χ1v) is 8.70. The lowest BCUT2D eigenvalue weighted by atomic mass is 9.92. The average molecular weight is 308 g/mol. The molecule has 1 aromatic rings. The fourth-order valence-electron chi connectivity index (χ4n) is 3.29. The molecule has 1 N–H and O–H groups in total. The van der Waals surface area contributed by atoms with E-state index in [9.17, 15) is 0 Å². The normalized spacial score (nSPS) is 27.0. The van der Waals surface area contributed by atoms with E-state index in [1.54, 1.807) is 0 Å². The summed E-state index contributed by atoms with van der Waals surface area (Å²) in [6.07, 6.45) is 8.28. The van der Waals surface area contributed by atoms with Crippen LogP contribution in [0, 0.1) is 5.92 Å². The second kappa shape index (κ2) is 7.13. The van der Waals surface area contributed by atoms with Crippen molar-refractivity contribution in [1.82, 2.24) is 5.32 Å². The highest BCUT2D eigenvalue weighted by atomic mass is 35.5. The molecule has 0 bridgehead atoms. The summed E-state index contributed by atoms with van der Waals surface area (Å²) < 4.78 is 6.02. The number of hydrogen-bond acceptors (Lipinski definition) is 2. The van der Waals surface area contributed by atoms with E-state index in [4.69, 9.17) is 16.3 Å². The van der Waals surface area contributed by atoms with E-state index in [0.29, 0.717) is 18.1 Å². The number of benzene rings is 1. The van der Waals surface area contributed by atoms with Crippen molar-refractivity contribution >= 4 is 11.6 Å². The molecule has 1 aromatic carbocycles. The fraction of sp³-hybridized carbons (Fsp3) is 0.667. The van der Waals surface area contributed by atoms with Crippen LogP contribution in [0.5, 0.6) is 0 Å². The monoisotopic (exact) mass is 307 g/mol. The minimum absolute atomic E-state index is 0.443. The number of ether oxygens (including phenoxy) is 1. The first-order valence-electron chi connectivity index (χ1n) is 8.32. The van der Waals surface area contributed by atoms with Crippen molar-refractivity contribution in [3.63, 3.8) is 0 Å². The Morgan fingerprint density at radius 3 is 2.81 bits per heavy atom. The quantitative estimate of drug-likeness (QED) is 0.815. The third-order valence-corrected chi connectivity index (χ3v) is 4.84. The van der Waals surface area contributed by atoms with Crippen LogP contribution in [0.1, 0.15) is 44.6 Å². The van der Waals surface area contributed by atoms with Gasteiger partial charge in [0.1, 0.15) is 0 Å². The van der Waals surface area contributed by atoms with Crippen LogP contribution >= 0.6 is 11.6 Å². The van der Waals surface area contributed by atoms with Crippen LogP contribution in [0.2, 0.25) is 5.02 Å². The van der Waals surface area contributed by atoms with E-state index in [1.807, 2.05) is 6.07 Å². The van der Waals surface area contributed by atoms with Gasteiger partial charge in [0.25, 0.3) is 0 Å². The van der Waals surface area contributed by atoms with Gasteiger partial charge in [-0.3, -0.25) is 0 Å². The maximum Gasteiger partial charge on any atom is 0.0583 e. The molecule has 3 atom stereocenters. The van der Waals surface area contributed by atoms with Gasteiger partial charge in [0, 0.05) is 11.1 Å². The summed E-state index contributed by atoms with van der Waals surface area (Å²) >= 11 is 6.11. The minimum Gasteiger partial charge on any atom is -0.375 e. The largest absolute Gasteiger partial charge is 0.375 e. The Kier molecular flexibility index (Phi) is 5.20. The number of nitrogens with one attached hydrogen (secondary N) is 1. The van der Waals surface area contributed by atoms with E-state index >= 15 is 0 Å². The molecule has 21 heavy (non-hydrogen) atoms. The van der Waals surface area contributed by atoms with Crippen molar-refractivity contribution < 1.29 is 4.74 Å². The highest BCUT2D eigenvalue weighted by molar-refractivity contribution is 6.30. The van der Waals surface area contributed by atoms with Crippen molar-refractivity contribution in [2.75, 3.05) is 6.54 Å². The average Bonchev–Trinajstić information content (AvgIpc) is 3.19. The van der Waals surface area contributed by atoms with Gasteiger partial charge in [0.15, 0.2) is 0 Å². The molecule has 3 unspecified atom stereocenters. The van der Waals surface area contributed by atoms with E-state index in [2.05, 4.69) is 30.4 Å². The zero-order valence-electron chi connectivity index (χ0n) is 12.9. The van der Waals surface area contributed by atoms with Gasteiger partial charge in [-0.05, 0) is 75.6 Å². The fourth-order valence-corrected chi connectivity index (χ4v) is 3.50. The molecular weight excluding hydrogens is 282 g/mol. The molecule has 0 radical (unpaired) electrons. The first-order chi connectivity index (χ1) is 10.2. The van der Waals surface area contributed by atoms with Crippen molar-refractivity contribution in [2.45, 2.75) is 63.7 Å². The molecule has 2 nitrogen and oxygen atoms in total. The van der Waals surface area contributed by atoms with Gasteiger partial charge < -0.3 is 10.1 Å². The van der Waals surface area contributed by atoms with Crippen molar-refractivity contribution in [1.29, 1.82) is 0 Å². The highest BCUT2D eigenvalue weighted by Gasteiger charge is 2.27. The minimum atomic E-state index is 0.443. The van der Waals surface area contributed by atoms with Crippen molar-refractivity contribution in [3.8, 4) is 0 Å². The first kappa shape index (κ1) is 15.3. The molecular formula is C18H26ClNO. The summed E-state index contributed by atoms with van der Waals surface area (Å²) in [6.45, 7) is 3.29. The molecule has 1 heterocycles. The number of rotatable bonds is 7. The van der Waals surface area contributed by atoms with E-state index in [0.717, 1.165) is 30.5 Å². The Hall–Kier alpha value is -0.570. The van der Waals surface area contributed by atoms with Crippen molar-refractivity contribution in [3.05, 3.63) is 34.9 Å². The van der Waals surface area contributed by atoms with Crippen LogP contribution in [0.25, 0.3) is 0 Å². The Bertz CT molecular complexity index is 460. The van der Waals surface area contributed by atoms with Crippen LogP contribution in [0.4, 0.5) is 0 Å². The second-order valence-corrected chi connectivity index (χ2v) is 7.20. The standard InChI is InChI=1S/C18H26ClNO/c1-13-5-8-18(21-13)11-15(12-20-17-6-7-17)9-14-3-2-4-16(19)10-14/h2-4,10,13,15,17-18,20H,5-9,11-12H2,1H3. The van der Waals surface area contributed by atoms with Crippen molar-refractivity contribution in [2.24, 2.45) is 5.92 Å². The molecule has 2 fully saturated rings. The molecule has 0 amide bonds. The van der Waals surface area contributed by atoms with Crippen LogP contribution in [0.3, 0.4) is 0 Å². The summed E-state index contributed by atoms with van der Waals surface area (Å²) in [5.41, 5.74) is 1.34. The van der Waals surface area contributed by atoms with Gasteiger partial charge in [-0.2, -0.15) is 0 Å². The molecule has 116 valence electrons. The third-order valence-electron chi connectivity index (χ3n) is 4.60. The van der Waals surface area contributed by atoms with Crippen LogP contribution in [-0.2, 0) is 11.2 Å².